The molecular formula is C20H23ClN2O3. The summed E-state index contributed by atoms with van der Waals surface area (Å²) in [6.07, 6.45) is 1.71. The summed E-state index contributed by atoms with van der Waals surface area (Å²) in [7, 11) is 1.65. The summed E-state index contributed by atoms with van der Waals surface area (Å²) in [4.78, 5) is 12.3. The number of carbonyl (C=O) groups excluding carboxylic acids is 1. The maximum absolute atomic E-state index is 12.3. The van der Waals surface area contributed by atoms with E-state index in [0.717, 1.165) is 18.6 Å². The quantitative estimate of drug-likeness (QED) is 0.823. The fraction of sp³-hybridized carbons (Fsp3) is 0.350. The summed E-state index contributed by atoms with van der Waals surface area (Å²) in [5.41, 5.74) is 1.62. The van der Waals surface area contributed by atoms with Gasteiger partial charge in [-0.25, -0.2) is 4.79 Å². The number of anilines is 1. The van der Waals surface area contributed by atoms with Crippen LogP contribution < -0.4 is 15.4 Å². The summed E-state index contributed by atoms with van der Waals surface area (Å²) in [6, 6.07) is 15.0. The Morgan fingerprint density at radius 3 is 2.50 bits per heavy atom. The molecule has 1 heterocycles. The van der Waals surface area contributed by atoms with Crippen molar-refractivity contribution in [2.45, 2.75) is 18.3 Å². The molecule has 0 unspecified atom stereocenters. The molecule has 6 heteroatoms. The van der Waals surface area contributed by atoms with E-state index in [1.165, 1.54) is 5.56 Å². The molecule has 2 N–H and O–H groups in total. The predicted molar refractivity (Wildman–Crippen MR) is 103 cm³/mol. The molecule has 2 amide bonds. The highest BCUT2D eigenvalue weighted by atomic mass is 35.5. The van der Waals surface area contributed by atoms with Gasteiger partial charge in [-0.1, -0.05) is 35.9 Å². The predicted octanol–water partition coefficient (Wildman–Crippen LogP) is 4.22. The summed E-state index contributed by atoms with van der Waals surface area (Å²) < 4.78 is 10.8. The number of hydrogen-bond acceptors (Lipinski definition) is 3. The first-order chi connectivity index (χ1) is 12.6. The van der Waals surface area contributed by atoms with E-state index in [0.29, 0.717) is 30.5 Å². The van der Waals surface area contributed by atoms with Crippen molar-refractivity contribution < 1.29 is 14.3 Å². The van der Waals surface area contributed by atoms with Crippen molar-refractivity contribution in [2.24, 2.45) is 0 Å². The molecular weight excluding hydrogens is 352 g/mol. The second kappa shape index (κ2) is 8.43. The van der Waals surface area contributed by atoms with Crippen molar-refractivity contribution in [3.63, 3.8) is 0 Å². The third-order valence-corrected chi connectivity index (χ3v) is 5.19. The van der Waals surface area contributed by atoms with E-state index in [4.69, 9.17) is 21.1 Å². The van der Waals surface area contributed by atoms with E-state index >= 15 is 0 Å². The van der Waals surface area contributed by atoms with Crippen molar-refractivity contribution in [2.75, 3.05) is 32.2 Å². The molecule has 1 fully saturated rings. The fourth-order valence-corrected chi connectivity index (χ4v) is 3.44. The summed E-state index contributed by atoms with van der Waals surface area (Å²) in [5.74, 6) is 0.820. The molecule has 1 aliphatic rings. The molecule has 138 valence electrons. The van der Waals surface area contributed by atoms with E-state index in [-0.39, 0.29) is 11.4 Å². The van der Waals surface area contributed by atoms with Crippen LogP contribution in [0.3, 0.4) is 0 Å². The maximum atomic E-state index is 12.3. The van der Waals surface area contributed by atoms with Gasteiger partial charge in [0.05, 0.1) is 17.8 Å². The minimum atomic E-state index is -0.266. The lowest BCUT2D eigenvalue weighted by Crippen LogP contribution is -2.45. The lowest BCUT2D eigenvalue weighted by atomic mass is 9.74. The van der Waals surface area contributed by atoms with Crippen molar-refractivity contribution in [1.29, 1.82) is 0 Å². The average Bonchev–Trinajstić information content (AvgIpc) is 2.69. The molecule has 0 radical (unpaired) electrons. The fourth-order valence-electron chi connectivity index (χ4n) is 3.25. The van der Waals surface area contributed by atoms with Crippen LogP contribution in [0.5, 0.6) is 5.75 Å². The standard InChI is InChI=1S/C20H23ClN2O3/c1-25-16-8-6-15(7-9-16)20(10-12-26-13-11-20)14-22-19(24)23-18-5-3-2-4-17(18)21/h2-9H,10-14H2,1H3,(H2,22,23,24). The maximum Gasteiger partial charge on any atom is 0.319 e. The first kappa shape index (κ1) is 18.5. The molecule has 1 saturated heterocycles. The zero-order valence-electron chi connectivity index (χ0n) is 14.8. The van der Waals surface area contributed by atoms with Gasteiger partial charge in [0.2, 0.25) is 0 Å². The number of halogens is 1. The highest BCUT2D eigenvalue weighted by Gasteiger charge is 2.35. The van der Waals surface area contributed by atoms with E-state index in [9.17, 15) is 4.79 Å². The van der Waals surface area contributed by atoms with E-state index < -0.39 is 0 Å². The first-order valence-corrected chi connectivity index (χ1v) is 9.02. The number of benzene rings is 2. The number of nitrogens with one attached hydrogen (secondary N) is 2. The van der Waals surface area contributed by atoms with Gasteiger partial charge in [-0.3, -0.25) is 0 Å². The molecule has 26 heavy (non-hydrogen) atoms. The molecule has 0 aliphatic carbocycles. The molecule has 0 atom stereocenters. The Labute approximate surface area is 158 Å². The highest BCUT2D eigenvalue weighted by molar-refractivity contribution is 6.33. The van der Waals surface area contributed by atoms with Gasteiger partial charge in [0.15, 0.2) is 0 Å². The van der Waals surface area contributed by atoms with Crippen LogP contribution in [0.2, 0.25) is 5.02 Å². The molecule has 5 nitrogen and oxygen atoms in total. The SMILES string of the molecule is COc1ccc(C2(CNC(=O)Nc3ccccc3Cl)CCOCC2)cc1. The number of para-hydroxylation sites is 1. The smallest absolute Gasteiger partial charge is 0.319 e. The minimum Gasteiger partial charge on any atom is -0.497 e. The lowest BCUT2D eigenvalue weighted by Gasteiger charge is -2.38. The van der Waals surface area contributed by atoms with E-state index in [1.807, 2.05) is 24.3 Å². The number of ether oxygens (including phenoxy) is 2. The Bertz CT molecular complexity index is 743. The molecule has 2 aromatic rings. The molecule has 0 saturated carbocycles. The van der Waals surface area contributed by atoms with E-state index in [1.54, 1.807) is 19.2 Å². The van der Waals surface area contributed by atoms with Gasteiger partial charge >= 0.3 is 6.03 Å². The summed E-state index contributed by atoms with van der Waals surface area (Å²) in [6.45, 7) is 1.89. The Morgan fingerprint density at radius 1 is 1.15 bits per heavy atom. The number of rotatable bonds is 5. The lowest BCUT2D eigenvalue weighted by molar-refractivity contribution is 0.0508. The number of amides is 2. The molecule has 0 spiro atoms. The normalized spacial score (nSPS) is 15.9. The third kappa shape index (κ3) is 4.29. The van der Waals surface area contributed by atoms with Crippen molar-refractivity contribution in [3.8, 4) is 5.75 Å². The first-order valence-electron chi connectivity index (χ1n) is 8.65. The van der Waals surface area contributed by atoms with Crippen LogP contribution in [0.25, 0.3) is 0 Å². The zero-order valence-corrected chi connectivity index (χ0v) is 15.5. The number of urea groups is 1. The van der Waals surface area contributed by atoms with Gasteiger partial charge < -0.3 is 20.1 Å². The average molecular weight is 375 g/mol. The van der Waals surface area contributed by atoms with Crippen LogP contribution in [-0.2, 0) is 10.2 Å². The van der Waals surface area contributed by atoms with Crippen LogP contribution in [0.1, 0.15) is 18.4 Å². The second-order valence-electron chi connectivity index (χ2n) is 6.41. The molecule has 2 aromatic carbocycles. The van der Waals surface area contributed by atoms with Crippen LogP contribution >= 0.6 is 11.6 Å². The van der Waals surface area contributed by atoms with Crippen molar-refractivity contribution >= 4 is 23.3 Å². The number of carbonyl (C=O) groups is 1. The van der Waals surface area contributed by atoms with Gasteiger partial charge in [-0.15, -0.1) is 0 Å². The third-order valence-electron chi connectivity index (χ3n) is 4.86. The van der Waals surface area contributed by atoms with Crippen molar-refractivity contribution in [3.05, 3.63) is 59.1 Å². The summed E-state index contributed by atoms with van der Waals surface area (Å²) >= 11 is 6.10. The van der Waals surface area contributed by atoms with Gasteiger partial charge in [-0.05, 0) is 42.7 Å². The monoisotopic (exact) mass is 374 g/mol. The van der Waals surface area contributed by atoms with Crippen LogP contribution in [0.15, 0.2) is 48.5 Å². The Morgan fingerprint density at radius 2 is 1.85 bits per heavy atom. The number of methoxy groups -OCH3 is 1. The van der Waals surface area contributed by atoms with Crippen LogP contribution in [0, 0.1) is 0 Å². The zero-order chi connectivity index (χ0) is 18.4. The highest BCUT2D eigenvalue weighted by Crippen LogP contribution is 2.35. The second-order valence-corrected chi connectivity index (χ2v) is 6.82. The Hall–Kier alpha value is -2.24. The summed E-state index contributed by atoms with van der Waals surface area (Å²) in [5, 5.41) is 6.32. The number of hydrogen-bond donors (Lipinski definition) is 2. The van der Waals surface area contributed by atoms with Gasteiger partial charge in [0.1, 0.15) is 5.75 Å². The van der Waals surface area contributed by atoms with E-state index in [2.05, 4.69) is 22.8 Å². The van der Waals surface area contributed by atoms with Gasteiger partial charge in [-0.2, -0.15) is 0 Å². The molecule has 3 rings (SSSR count). The van der Waals surface area contributed by atoms with Gasteiger partial charge in [0, 0.05) is 25.2 Å². The molecule has 0 aromatic heterocycles. The van der Waals surface area contributed by atoms with Crippen LogP contribution in [-0.4, -0.2) is 32.9 Å². The molecule has 0 bridgehead atoms. The largest absolute Gasteiger partial charge is 0.497 e. The Balaban J connectivity index is 1.70. The van der Waals surface area contributed by atoms with Crippen molar-refractivity contribution in [1.82, 2.24) is 5.32 Å². The topological polar surface area (TPSA) is 59.6 Å². The van der Waals surface area contributed by atoms with Gasteiger partial charge in [0.25, 0.3) is 0 Å². The molecule has 1 aliphatic heterocycles. The minimum absolute atomic E-state index is 0.150. The van der Waals surface area contributed by atoms with Crippen LogP contribution in [0.4, 0.5) is 10.5 Å². The Kier molecular flexibility index (Phi) is 6.01.